The fourth-order valence-corrected chi connectivity index (χ4v) is 3.87. The van der Waals surface area contributed by atoms with Gasteiger partial charge in [-0.1, -0.05) is 34.1 Å². The van der Waals surface area contributed by atoms with E-state index in [0.717, 1.165) is 24.0 Å². The van der Waals surface area contributed by atoms with Crippen LogP contribution in [0.4, 0.5) is 17.1 Å². The first-order valence-corrected chi connectivity index (χ1v) is 8.57. The molecular weight excluding hydrogens is 346 g/mol. The van der Waals surface area contributed by atoms with Gasteiger partial charge in [-0.2, -0.15) is 0 Å². The molecule has 0 unspecified atom stereocenters. The van der Waals surface area contributed by atoms with Crippen LogP contribution in [-0.4, -0.2) is 20.1 Å². The van der Waals surface area contributed by atoms with E-state index in [2.05, 4.69) is 78.4 Å². The van der Waals surface area contributed by atoms with E-state index in [-0.39, 0.29) is 0 Å². The Balaban J connectivity index is 1.87. The highest BCUT2D eigenvalue weighted by Crippen LogP contribution is 2.48. The lowest BCUT2D eigenvalue weighted by atomic mass is 10.2. The van der Waals surface area contributed by atoms with E-state index < -0.39 is 0 Å². The zero-order valence-electron chi connectivity index (χ0n) is 11.9. The van der Waals surface area contributed by atoms with Gasteiger partial charge in [-0.25, -0.2) is 0 Å². The molecule has 5 heteroatoms. The van der Waals surface area contributed by atoms with Gasteiger partial charge in [-0.3, -0.25) is 8.61 Å². The van der Waals surface area contributed by atoms with Crippen LogP contribution in [0.15, 0.2) is 53.0 Å². The van der Waals surface area contributed by atoms with Crippen molar-refractivity contribution < 1.29 is 0 Å². The lowest BCUT2D eigenvalue weighted by Crippen LogP contribution is -2.19. The molecule has 0 aromatic heterocycles. The monoisotopic (exact) mass is 363 g/mol. The molecule has 0 spiro atoms. The molecule has 0 bridgehead atoms. The molecule has 21 heavy (non-hydrogen) atoms. The Morgan fingerprint density at radius 3 is 2.67 bits per heavy atom. The first kappa shape index (κ1) is 14.8. The Kier molecular flexibility index (Phi) is 4.73. The van der Waals surface area contributed by atoms with Gasteiger partial charge in [0.05, 0.1) is 29.2 Å². The third-order valence-electron chi connectivity index (χ3n) is 3.38. The molecule has 1 N–H and O–H groups in total. The number of benzene rings is 2. The summed E-state index contributed by atoms with van der Waals surface area (Å²) in [5.41, 5.74) is 3.74. The number of hydrogen-bond donors (Lipinski definition) is 1. The van der Waals surface area contributed by atoms with E-state index in [1.54, 1.807) is 12.1 Å². The minimum absolute atomic E-state index is 1.03. The van der Waals surface area contributed by atoms with E-state index in [1.807, 2.05) is 7.05 Å². The first-order valence-electron chi connectivity index (χ1n) is 7.04. The van der Waals surface area contributed by atoms with Crippen LogP contribution in [0.25, 0.3) is 0 Å². The van der Waals surface area contributed by atoms with Gasteiger partial charge in [0, 0.05) is 11.0 Å². The van der Waals surface area contributed by atoms with Crippen molar-refractivity contribution >= 4 is 45.1 Å². The Labute approximate surface area is 138 Å². The smallest absolute Gasteiger partial charge is 0.0784 e. The largest absolute Gasteiger partial charge is 0.320 e. The zero-order chi connectivity index (χ0) is 14.7. The summed E-state index contributed by atoms with van der Waals surface area (Å²) in [5, 5.41) is 3.21. The molecule has 3 rings (SSSR count). The van der Waals surface area contributed by atoms with Crippen LogP contribution in [0.3, 0.4) is 0 Å². The third kappa shape index (κ3) is 3.20. The quantitative estimate of drug-likeness (QED) is 0.618. The van der Waals surface area contributed by atoms with Crippen molar-refractivity contribution in [3.63, 3.8) is 0 Å². The number of hydrogen-bond acceptors (Lipinski definition) is 4. The molecular formula is C16H18BrN3S. The molecule has 1 heterocycles. The SMILES string of the molecule is CNCCCN1SN(c2cccc(Br)c2)c2ccccc21. The van der Waals surface area contributed by atoms with Crippen LogP contribution in [0, 0.1) is 0 Å². The highest BCUT2D eigenvalue weighted by atomic mass is 79.9. The normalized spacial score (nSPS) is 13.6. The van der Waals surface area contributed by atoms with Crippen LogP contribution < -0.4 is 13.9 Å². The molecule has 1 aliphatic rings. The summed E-state index contributed by atoms with van der Waals surface area (Å²) in [4.78, 5) is 0. The van der Waals surface area contributed by atoms with Gasteiger partial charge >= 0.3 is 0 Å². The van der Waals surface area contributed by atoms with Gasteiger partial charge in [-0.05, 0) is 50.3 Å². The number of halogens is 1. The van der Waals surface area contributed by atoms with E-state index in [4.69, 9.17) is 0 Å². The van der Waals surface area contributed by atoms with Crippen molar-refractivity contribution in [3.05, 3.63) is 53.0 Å². The first-order chi connectivity index (χ1) is 10.3. The van der Waals surface area contributed by atoms with Crippen molar-refractivity contribution in [2.75, 3.05) is 28.7 Å². The summed E-state index contributed by atoms with van der Waals surface area (Å²) in [6.45, 7) is 2.07. The lowest BCUT2D eigenvalue weighted by molar-refractivity contribution is 0.736. The molecule has 3 nitrogen and oxygen atoms in total. The van der Waals surface area contributed by atoms with Crippen molar-refractivity contribution in [1.29, 1.82) is 0 Å². The highest BCUT2D eigenvalue weighted by Gasteiger charge is 2.27. The zero-order valence-corrected chi connectivity index (χ0v) is 14.3. The Hall–Kier alpha value is -1.17. The van der Waals surface area contributed by atoms with Crippen LogP contribution in [0.5, 0.6) is 0 Å². The van der Waals surface area contributed by atoms with Crippen LogP contribution >= 0.6 is 28.1 Å². The van der Waals surface area contributed by atoms with Gasteiger partial charge in [-0.15, -0.1) is 0 Å². The summed E-state index contributed by atoms with van der Waals surface area (Å²) < 4.78 is 5.76. The highest BCUT2D eigenvalue weighted by molar-refractivity contribution is 9.10. The minimum atomic E-state index is 1.03. The molecule has 2 aromatic carbocycles. The van der Waals surface area contributed by atoms with Crippen LogP contribution in [0.1, 0.15) is 6.42 Å². The predicted octanol–water partition coefficient (Wildman–Crippen LogP) is 4.58. The van der Waals surface area contributed by atoms with E-state index in [0.29, 0.717) is 0 Å². The summed E-state index contributed by atoms with van der Waals surface area (Å²) >= 11 is 5.33. The predicted molar refractivity (Wildman–Crippen MR) is 96.2 cm³/mol. The second-order valence-corrected chi connectivity index (χ2v) is 6.79. The van der Waals surface area contributed by atoms with Crippen LogP contribution in [-0.2, 0) is 0 Å². The maximum absolute atomic E-state index is 3.56. The lowest BCUT2D eigenvalue weighted by Gasteiger charge is -2.19. The number of para-hydroxylation sites is 2. The topological polar surface area (TPSA) is 18.5 Å². The van der Waals surface area contributed by atoms with Crippen molar-refractivity contribution in [2.24, 2.45) is 0 Å². The van der Waals surface area contributed by atoms with Gasteiger partial charge < -0.3 is 5.32 Å². The van der Waals surface area contributed by atoms with Crippen molar-refractivity contribution in [2.45, 2.75) is 6.42 Å². The van der Waals surface area contributed by atoms with Gasteiger partial charge in [0.2, 0.25) is 0 Å². The second-order valence-electron chi connectivity index (χ2n) is 4.90. The van der Waals surface area contributed by atoms with Gasteiger partial charge in [0.25, 0.3) is 0 Å². The fraction of sp³-hybridized carbons (Fsp3) is 0.250. The Morgan fingerprint density at radius 2 is 1.90 bits per heavy atom. The molecule has 110 valence electrons. The average Bonchev–Trinajstić information content (AvgIpc) is 2.87. The summed E-state index contributed by atoms with van der Waals surface area (Å²) in [7, 11) is 2.00. The third-order valence-corrected chi connectivity index (χ3v) is 5.02. The molecule has 2 aromatic rings. The molecule has 0 saturated carbocycles. The van der Waals surface area contributed by atoms with E-state index in [1.165, 1.54) is 17.1 Å². The van der Waals surface area contributed by atoms with Crippen LogP contribution in [0.2, 0.25) is 0 Å². The summed E-state index contributed by atoms with van der Waals surface area (Å²) in [6, 6.07) is 17.0. The van der Waals surface area contributed by atoms with Crippen molar-refractivity contribution in [3.8, 4) is 0 Å². The molecule has 0 fully saturated rings. The number of rotatable bonds is 5. The van der Waals surface area contributed by atoms with E-state index in [9.17, 15) is 0 Å². The second kappa shape index (κ2) is 6.73. The van der Waals surface area contributed by atoms with Gasteiger partial charge in [0.15, 0.2) is 0 Å². The van der Waals surface area contributed by atoms with Gasteiger partial charge in [0.1, 0.15) is 0 Å². The molecule has 0 saturated heterocycles. The minimum Gasteiger partial charge on any atom is -0.320 e. The number of nitrogens with one attached hydrogen (secondary N) is 1. The summed E-state index contributed by atoms with van der Waals surface area (Å²) in [5.74, 6) is 0. The standard InChI is InChI=1S/C16H18BrN3S/c1-18-10-5-11-19-15-8-2-3-9-16(15)20(21-19)14-7-4-6-13(17)12-14/h2-4,6-9,12,18H,5,10-11H2,1H3. The number of nitrogens with zero attached hydrogens (tertiary/aromatic N) is 2. The maximum atomic E-state index is 3.56. The molecule has 1 aliphatic heterocycles. The molecule has 0 atom stereocenters. The van der Waals surface area contributed by atoms with Crippen molar-refractivity contribution in [1.82, 2.24) is 5.32 Å². The number of anilines is 3. The molecule has 0 radical (unpaired) electrons. The van der Waals surface area contributed by atoms with E-state index >= 15 is 0 Å². The maximum Gasteiger partial charge on any atom is 0.0784 e. The number of fused-ring (bicyclic) bond motifs is 1. The summed E-state index contributed by atoms with van der Waals surface area (Å²) in [6.07, 6.45) is 1.13. The Morgan fingerprint density at radius 1 is 1.10 bits per heavy atom. The molecule has 0 aliphatic carbocycles. The molecule has 0 amide bonds. The fourth-order valence-electron chi connectivity index (χ4n) is 2.38. The Bertz CT molecular complexity index is 620. The average molecular weight is 364 g/mol.